The quantitative estimate of drug-likeness (QED) is 0.550. The zero-order chi connectivity index (χ0) is 16.7. The predicted molar refractivity (Wildman–Crippen MR) is 84.4 cm³/mol. The zero-order valence-electron chi connectivity index (χ0n) is 14.1. The van der Waals surface area contributed by atoms with E-state index in [2.05, 4.69) is 27.4 Å². The molecule has 0 aromatic rings. The molecule has 2 aliphatic carbocycles. The van der Waals surface area contributed by atoms with Gasteiger partial charge in [0.1, 0.15) is 0 Å². The molecule has 2 aliphatic heterocycles. The lowest BCUT2D eigenvalue weighted by Gasteiger charge is -2.55. The lowest BCUT2D eigenvalue weighted by atomic mass is 9.51. The van der Waals surface area contributed by atoms with Crippen molar-refractivity contribution in [3.63, 3.8) is 0 Å². The number of esters is 2. The molecule has 1 spiro atoms. The van der Waals surface area contributed by atoms with E-state index in [0.717, 1.165) is 19.3 Å². The molecule has 2 bridgehead atoms. The Morgan fingerprint density at radius 1 is 1.09 bits per heavy atom. The maximum absolute atomic E-state index is 12.8. The van der Waals surface area contributed by atoms with Gasteiger partial charge in [0, 0.05) is 5.41 Å². The number of carbonyl (C=O) groups excluding carboxylic acids is 2. The van der Waals surface area contributed by atoms with Crippen molar-refractivity contribution in [3.8, 4) is 0 Å². The van der Waals surface area contributed by atoms with E-state index in [1.165, 1.54) is 0 Å². The first-order chi connectivity index (χ1) is 10.7. The maximum atomic E-state index is 12.8. The first kappa shape index (κ1) is 15.0. The molecule has 2 saturated heterocycles. The van der Waals surface area contributed by atoms with Gasteiger partial charge in [-0.3, -0.25) is 0 Å². The SMILES string of the molecule is C=C[C@]1(C)C=C2C(=O)O[C@]34CCCC(C)(C)[C@@H]3[C@@]2(CC1)OC4=O. The van der Waals surface area contributed by atoms with E-state index in [9.17, 15) is 9.59 Å². The van der Waals surface area contributed by atoms with Crippen LogP contribution in [0.15, 0.2) is 24.3 Å². The summed E-state index contributed by atoms with van der Waals surface area (Å²) in [5, 5.41) is 0. The summed E-state index contributed by atoms with van der Waals surface area (Å²) in [6.45, 7) is 10.3. The molecule has 4 nitrogen and oxygen atoms in total. The summed E-state index contributed by atoms with van der Waals surface area (Å²) in [4.78, 5) is 25.5. The van der Waals surface area contributed by atoms with Crippen LogP contribution < -0.4 is 0 Å². The first-order valence-electron chi connectivity index (χ1n) is 8.53. The smallest absolute Gasteiger partial charge is 0.352 e. The van der Waals surface area contributed by atoms with Crippen molar-refractivity contribution in [2.45, 2.75) is 64.1 Å². The standard InChI is InChI=1S/C19H24O4/c1-5-17(4)9-10-18-12(11-17)13(20)22-19(15(21)23-18)8-6-7-16(2,3)14(18)19/h5,11,14H,1,6-10H2,2-4H3/t14-,17+,18+,19-/m1/s1. The van der Waals surface area contributed by atoms with E-state index in [4.69, 9.17) is 9.47 Å². The van der Waals surface area contributed by atoms with Crippen LogP contribution in [-0.2, 0) is 19.1 Å². The van der Waals surface area contributed by atoms with Crippen LogP contribution in [0.5, 0.6) is 0 Å². The van der Waals surface area contributed by atoms with Crippen LogP contribution in [0.4, 0.5) is 0 Å². The van der Waals surface area contributed by atoms with Gasteiger partial charge in [-0.05, 0) is 37.5 Å². The molecule has 1 saturated carbocycles. The number of rotatable bonds is 1. The first-order valence-corrected chi connectivity index (χ1v) is 8.53. The fourth-order valence-electron chi connectivity index (χ4n) is 5.55. The minimum absolute atomic E-state index is 0.0953. The molecule has 0 unspecified atom stereocenters. The van der Waals surface area contributed by atoms with Crippen molar-refractivity contribution >= 4 is 11.9 Å². The molecule has 4 aliphatic rings. The monoisotopic (exact) mass is 316 g/mol. The average molecular weight is 316 g/mol. The highest BCUT2D eigenvalue weighted by molar-refractivity contribution is 6.00. The predicted octanol–water partition coefficient (Wildman–Crippen LogP) is 3.32. The van der Waals surface area contributed by atoms with Crippen LogP contribution in [0, 0.1) is 16.7 Å². The van der Waals surface area contributed by atoms with Gasteiger partial charge in [0.15, 0.2) is 5.60 Å². The van der Waals surface area contributed by atoms with E-state index < -0.39 is 11.2 Å². The Morgan fingerprint density at radius 2 is 1.83 bits per heavy atom. The summed E-state index contributed by atoms with van der Waals surface area (Å²) < 4.78 is 11.8. The van der Waals surface area contributed by atoms with E-state index in [1.54, 1.807) is 0 Å². The van der Waals surface area contributed by atoms with Gasteiger partial charge < -0.3 is 9.47 Å². The van der Waals surface area contributed by atoms with Gasteiger partial charge in [-0.15, -0.1) is 6.58 Å². The van der Waals surface area contributed by atoms with Gasteiger partial charge in [0.25, 0.3) is 0 Å². The van der Waals surface area contributed by atoms with E-state index in [0.29, 0.717) is 18.4 Å². The highest BCUT2D eigenvalue weighted by Gasteiger charge is 2.77. The molecule has 0 radical (unpaired) electrons. The number of allylic oxidation sites excluding steroid dienone is 2. The third-order valence-electron chi connectivity index (χ3n) is 6.63. The highest BCUT2D eigenvalue weighted by Crippen LogP contribution is 2.66. The summed E-state index contributed by atoms with van der Waals surface area (Å²) in [6.07, 6.45) is 7.76. The van der Waals surface area contributed by atoms with Crippen LogP contribution in [0.25, 0.3) is 0 Å². The molecule has 4 rings (SSSR count). The van der Waals surface area contributed by atoms with Crippen molar-refractivity contribution < 1.29 is 19.1 Å². The van der Waals surface area contributed by atoms with E-state index in [1.807, 2.05) is 12.2 Å². The van der Waals surface area contributed by atoms with Crippen molar-refractivity contribution in [1.29, 1.82) is 0 Å². The number of hydrogen-bond acceptors (Lipinski definition) is 4. The molecule has 0 amide bonds. The van der Waals surface area contributed by atoms with E-state index >= 15 is 0 Å². The summed E-state index contributed by atoms with van der Waals surface area (Å²) in [5.74, 6) is -0.811. The normalized spacial score (nSPS) is 46.9. The van der Waals surface area contributed by atoms with Crippen LogP contribution in [-0.4, -0.2) is 23.1 Å². The Balaban J connectivity index is 1.95. The van der Waals surface area contributed by atoms with Gasteiger partial charge in [-0.25, -0.2) is 9.59 Å². The molecule has 0 aromatic carbocycles. The van der Waals surface area contributed by atoms with Crippen molar-refractivity contribution in [2.24, 2.45) is 16.7 Å². The zero-order valence-corrected chi connectivity index (χ0v) is 14.1. The third-order valence-corrected chi connectivity index (χ3v) is 6.63. The maximum Gasteiger partial charge on any atom is 0.352 e. The molecule has 4 atom stereocenters. The summed E-state index contributed by atoms with van der Waals surface area (Å²) >= 11 is 0. The lowest BCUT2D eigenvalue weighted by molar-refractivity contribution is -0.189. The number of hydrogen-bond donors (Lipinski definition) is 0. The summed E-state index contributed by atoms with van der Waals surface area (Å²) in [6, 6.07) is 0. The lowest BCUT2D eigenvalue weighted by Crippen LogP contribution is -2.63. The molecule has 3 fully saturated rings. The van der Waals surface area contributed by atoms with Gasteiger partial charge in [0.2, 0.25) is 5.60 Å². The second-order valence-electron chi connectivity index (χ2n) is 8.60. The molecule has 0 aromatic heterocycles. The van der Waals surface area contributed by atoms with Gasteiger partial charge in [-0.1, -0.05) is 32.9 Å². The van der Waals surface area contributed by atoms with Crippen molar-refractivity contribution in [3.05, 3.63) is 24.3 Å². The van der Waals surface area contributed by atoms with Crippen LogP contribution in [0.3, 0.4) is 0 Å². The second-order valence-corrected chi connectivity index (χ2v) is 8.60. The Morgan fingerprint density at radius 3 is 2.52 bits per heavy atom. The van der Waals surface area contributed by atoms with E-state index in [-0.39, 0.29) is 28.7 Å². The average Bonchev–Trinajstić information content (AvgIpc) is 2.68. The van der Waals surface area contributed by atoms with Crippen molar-refractivity contribution in [2.75, 3.05) is 0 Å². The highest BCUT2D eigenvalue weighted by atomic mass is 16.6. The fraction of sp³-hybridized carbons (Fsp3) is 0.684. The van der Waals surface area contributed by atoms with Gasteiger partial charge in [-0.2, -0.15) is 0 Å². The van der Waals surface area contributed by atoms with Crippen molar-refractivity contribution in [1.82, 2.24) is 0 Å². The largest absolute Gasteiger partial charge is 0.450 e. The Labute approximate surface area is 136 Å². The van der Waals surface area contributed by atoms with Gasteiger partial charge >= 0.3 is 11.9 Å². The fourth-order valence-corrected chi connectivity index (χ4v) is 5.55. The van der Waals surface area contributed by atoms with Crippen LogP contribution in [0.2, 0.25) is 0 Å². The minimum atomic E-state index is -1.07. The third kappa shape index (κ3) is 1.62. The molecular formula is C19H24O4. The Kier molecular flexibility index (Phi) is 2.66. The molecule has 0 N–H and O–H groups in total. The number of ether oxygens (including phenoxy) is 2. The van der Waals surface area contributed by atoms with Crippen LogP contribution in [0.1, 0.15) is 52.9 Å². The summed E-state index contributed by atoms with van der Waals surface area (Å²) in [5.41, 5.74) is -1.70. The topological polar surface area (TPSA) is 52.6 Å². The Hall–Kier alpha value is -1.58. The minimum Gasteiger partial charge on any atom is -0.450 e. The summed E-state index contributed by atoms with van der Waals surface area (Å²) in [7, 11) is 0. The molecule has 2 heterocycles. The molecule has 23 heavy (non-hydrogen) atoms. The Bertz CT molecular complexity index is 660. The van der Waals surface area contributed by atoms with Crippen LogP contribution >= 0.6 is 0 Å². The molecule has 4 heteroatoms. The molecular weight excluding hydrogens is 292 g/mol. The number of carbonyl (C=O) groups is 2. The van der Waals surface area contributed by atoms with Gasteiger partial charge in [0.05, 0.1) is 11.5 Å². The second kappa shape index (κ2) is 4.08. The molecule has 124 valence electrons.